The van der Waals surface area contributed by atoms with Crippen LogP contribution in [0.25, 0.3) is 0 Å². The number of nitrogens with zero attached hydrogens (tertiary/aromatic N) is 2. The zero-order valence-corrected chi connectivity index (χ0v) is 14.3. The number of nitrogens with one attached hydrogen (secondary N) is 1. The minimum atomic E-state index is 0. The zero-order valence-electron chi connectivity index (χ0n) is 12.7. The molecule has 21 heavy (non-hydrogen) atoms. The molecule has 1 unspecified atom stereocenters. The van der Waals surface area contributed by atoms with Crippen molar-refractivity contribution in [3.63, 3.8) is 0 Å². The van der Waals surface area contributed by atoms with Gasteiger partial charge in [0.1, 0.15) is 0 Å². The van der Waals surface area contributed by atoms with E-state index in [1.165, 1.54) is 50.9 Å². The normalized spacial score (nSPS) is 21.2. The van der Waals surface area contributed by atoms with E-state index >= 15 is 0 Å². The summed E-state index contributed by atoms with van der Waals surface area (Å²) in [5, 5.41) is 3.74. The Balaban J connectivity index is 0.00000110. The fraction of sp³-hybridized carbons (Fsp3) is 0.688. The van der Waals surface area contributed by atoms with Crippen LogP contribution in [-0.4, -0.2) is 35.6 Å². The molecule has 0 bridgehead atoms. The van der Waals surface area contributed by atoms with Gasteiger partial charge in [0.05, 0.1) is 0 Å². The Morgan fingerprint density at radius 1 is 1.24 bits per heavy atom. The fourth-order valence-electron chi connectivity index (χ4n) is 2.98. The van der Waals surface area contributed by atoms with Crippen molar-refractivity contribution in [1.29, 1.82) is 0 Å². The van der Waals surface area contributed by atoms with Gasteiger partial charge in [-0.2, -0.15) is 0 Å². The van der Waals surface area contributed by atoms with Crippen LogP contribution >= 0.6 is 24.8 Å². The van der Waals surface area contributed by atoms with Crippen LogP contribution in [0.5, 0.6) is 0 Å². The van der Waals surface area contributed by atoms with Crippen molar-refractivity contribution in [3.05, 3.63) is 30.1 Å². The number of hydrogen-bond acceptors (Lipinski definition) is 3. The Kier molecular flexibility index (Phi) is 7.96. The van der Waals surface area contributed by atoms with Gasteiger partial charge in [0.2, 0.25) is 0 Å². The third kappa shape index (κ3) is 5.41. The van der Waals surface area contributed by atoms with Crippen LogP contribution in [0.3, 0.4) is 0 Å². The predicted octanol–water partition coefficient (Wildman–Crippen LogP) is 3.45. The number of halogens is 2. The number of piperidine rings is 1. The van der Waals surface area contributed by atoms with Crippen LogP contribution in [0, 0.1) is 5.92 Å². The van der Waals surface area contributed by atoms with Gasteiger partial charge in [-0.1, -0.05) is 6.07 Å². The minimum absolute atomic E-state index is 0. The molecule has 1 atom stereocenters. The minimum Gasteiger partial charge on any atom is -0.314 e. The molecule has 0 aromatic carbocycles. The molecule has 0 radical (unpaired) electrons. The van der Waals surface area contributed by atoms with Crippen molar-refractivity contribution in [2.75, 3.05) is 19.6 Å². The molecule has 2 heterocycles. The summed E-state index contributed by atoms with van der Waals surface area (Å²) in [6, 6.07) is 5.47. The molecule has 0 spiro atoms. The van der Waals surface area contributed by atoms with Crippen LogP contribution in [0.1, 0.15) is 44.2 Å². The highest BCUT2D eigenvalue weighted by Gasteiger charge is 2.26. The number of hydrogen-bond donors (Lipinski definition) is 1. The Morgan fingerprint density at radius 2 is 1.95 bits per heavy atom. The van der Waals surface area contributed by atoms with Crippen molar-refractivity contribution in [1.82, 2.24) is 15.2 Å². The quantitative estimate of drug-likeness (QED) is 0.895. The summed E-state index contributed by atoms with van der Waals surface area (Å²) in [5.41, 5.74) is 1.34. The monoisotopic (exact) mass is 331 g/mol. The lowest BCUT2D eigenvalue weighted by Crippen LogP contribution is -2.43. The van der Waals surface area contributed by atoms with Gasteiger partial charge in [0.25, 0.3) is 0 Å². The maximum atomic E-state index is 4.23. The van der Waals surface area contributed by atoms with E-state index in [0.717, 1.165) is 12.0 Å². The van der Waals surface area contributed by atoms with Crippen molar-refractivity contribution >= 4 is 24.8 Å². The first-order valence-electron chi connectivity index (χ1n) is 7.70. The number of likely N-dealkylation sites (tertiary alicyclic amines) is 1. The van der Waals surface area contributed by atoms with Gasteiger partial charge in [-0.15, -0.1) is 24.8 Å². The largest absolute Gasteiger partial charge is 0.314 e. The number of rotatable bonds is 5. The highest BCUT2D eigenvalue weighted by molar-refractivity contribution is 5.85. The lowest BCUT2D eigenvalue weighted by molar-refractivity contribution is 0.152. The lowest BCUT2D eigenvalue weighted by Gasteiger charge is -2.36. The zero-order chi connectivity index (χ0) is 13.1. The van der Waals surface area contributed by atoms with Crippen LogP contribution in [-0.2, 0) is 0 Å². The summed E-state index contributed by atoms with van der Waals surface area (Å²) in [5.74, 6) is 0.993. The molecule has 1 aliphatic carbocycles. The maximum Gasteiger partial charge on any atom is 0.0335 e. The molecular formula is C16H27Cl2N3. The van der Waals surface area contributed by atoms with E-state index in [1.807, 2.05) is 18.5 Å². The van der Waals surface area contributed by atoms with Crippen molar-refractivity contribution in [2.24, 2.45) is 5.92 Å². The lowest BCUT2D eigenvalue weighted by atomic mass is 10.0. The molecule has 120 valence electrons. The van der Waals surface area contributed by atoms with E-state index in [9.17, 15) is 0 Å². The smallest absolute Gasteiger partial charge is 0.0335 e. The van der Waals surface area contributed by atoms with Gasteiger partial charge < -0.3 is 5.32 Å². The van der Waals surface area contributed by atoms with Gasteiger partial charge in [-0.3, -0.25) is 9.88 Å². The van der Waals surface area contributed by atoms with Crippen LogP contribution in [0.4, 0.5) is 0 Å². The van der Waals surface area contributed by atoms with Gasteiger partial charge in [-0.05, 0) is 56.7 Å². The SMILES string of the molecule is CC(c1cccnc1)N1CCC(NCC2CC2)CC1.Cl.Cl. The van der Waals surface area contributed by atoms with E-state index in [-0.39, 0.29) is 24.8 Å². The molecule has 2 fully saturated rings. The first-order valence-corrected chi connectivity index (χ1v) is 7.70. The Hall–Kier alpha value is -0.350. The molecule has 3 rings (SSSR count). The molecule has 1 aliphatic heterocycles. The first kappa shape index (κ1) is 18.7. The molecule has 1 aromatic rings. The molecule has 1 saturated heterocycles. The Morgan fingerprint density at radius 3 is 2.52 bits per heavy atom. The number of aromatic nitrogens is 1. The Labute approximate surface area is 140 Å². The summed E-state index contributed by atoms with van der Waals surface area (Å²) in [6.45, 7) is 5.97. The first-order chi connectivity index (χ1) is 9.33. The summed E-state index contributed by atoms with van der Waals surface area (Å²) in [7, 11) is 0. The predicted molar refractivity (Wildman–Crippen MR) is 92.5 cm³/mol. The molecule has 0 amide bonds. The molecule has 2 aliphatic rings. The third-order valence-electron chi connectivity index (χ3n) is 4.64. The van der Waals surface area contributed by atoms with Crippen molar-refractivity contribution < 1.29 is 0 Å². The second-order valence-electron chi connectivity index (χ2n) is 6.12. The highest BCUT2D eigenvalue weighted by atomic mass is 35.5. The summed E-state index contributed by atoms with van der Waals surface area (Å²) < 4.78 is 0. The highest BCUT2D eigenvalue weighted by Crippen LogP contribution is 2.28. The second kappa shape index (κ2) is 8.94. The fourth-order valence-corrected chi connectivity index (χ4v) is 2.98. The van der Waals surface area contributed by atoms with Crippen LogP contribution in [0.15, 0.2) is 24.5 Å². The summed E-state index contributed by atoms with van der Waals surface area (Å²) in [6.07, 6.45) is 9.33. The van der Waals surface area contributed by atoms with Crippen molar-refractivity contribution in [2.45, 2.75) is 44.7 Å². The third-order valence-corrected chi connectivity index (χ3v) is 4.64. The average molecular weight is 332 g/mol. The van der Waals surface area contributed by atoms with E-state index in [0.29, 0.717) is 6.04 Å². The summed E-state index contributed by atoms with van der Waals surface area (Å²) >= 11 is 0. The summed E-state index contributed by atoms with van der Waals surface area (Å²) in [4.78, 5) is 6.82. The van der Waals surface area contributed by atoms with Gasteiger partial charge in [-0.25, -0.2) is 0 Å². The number of pyridine rings is 1. The molecule has 1 saturated carbocycles. The second-order valence-corrected chi connectivity index (χ2v) is 6.12. The Bertz CT molecular complexity index is 390. The van der Waals surface area contributed by atoms with Crippen LogP contribution in [0.2, 0.25) is 0 Å². The van der Waals surface area contributed by atoms with Crippen LogP contribution < -0.4 is 5.32 Å². The van der Waals surface area contributed by atoms with E-state index in [1.54, 1.807) is 0 Å². The molecule has 1 N–H and O–H groups in total. The van der Waals surface area contributed by atoms with E-state index in [2.05, 4.69) is 28.2 Å². The van der Waals surface area contributed by atoms with Gasteiger partial charge in [0, 0.05) is 37.6 Å². The van der Waals surface area contributed by atoms with Gasteiger partial charge in [0.15, 0.2) is 0 Å². The molecule has 5 heteroatoms. The molecule has 3 nitrogen and oxygen atoms in total. The van der Waals surface area contributed by atoms with Gasteiger partial charge >= 0.3 is 0 Å². The molecule has 1 aromatic heterocycles. The maximum absolute atomic E-state index is 4.23. The van der Waals surface area contributed by atoms with E-state index < -0.39 is 0 Å². The standard InChI is InChI=1S/C16H25N3.2ClH/c1-13(15-3-2-8-17-12-15)19-9-6-16(7-10-19)18-11-14-4-5-14;;/h2-3,8,12-14,16,18H,4-7,9-11H2,1H3;2*1H. The van der Waals surface area contributed by atoms with E-state index in [4.69, 9.17) is 0 Å². The average Bonchev–Trinajstić information content (AvgIpc) is 3.30. The molecular weight excluding hydrogens is 305 g/mol. The topological polar surface area (TPSA) is 28.2 Å². The van der Waals surface area contributed by atoms with Crippen molar-refractivity contribution in [3.8, 4) is 0 Å².